The Hall–Kier alpha value is -1.45. The molecule has 0 aliphatic carbocycles. The number of carbonyl (C=O) groups is 1. The van der Waals surface area contributed by atoms with E-state index in [0.29, 0.717) is 6.41 Å². The molecule has 0 radical (unpaired) electrons. The van der Waals surface area contributed by atoms with Crippen LogP contribution in [-0.2, 0) is 4.79 Å². The van der Waals surface area contributed by atoms with E-state index in [0.717, 1.165) is 6.07 Å². The van der Waals surface area contributed by atoms with Crippen LogP contribution in [0.1, 0.15) is 5.56 Å². The molecule has 1 aromatic rings. The van der Waals surface area contributed by atoms with Gasteiger partial charge in [0, 0.05) is 11.3 Å². The third-order valence-electron chi connectivity index (χ3n) is 1.55. The third-order valence-corrected chi connectivity index (χ3v) is 1.55. The van der Waals surface area contributed by atoms with E-state index in [9.17, 15) is 13.6 Å². The Morgan fingerprint density at radius 2 is 2.08 bits per heavy atom. The van der Waals surface area contributed by atoms with Crippen LogP contribution in [-0.4, -0.2) is 6.41 Å². The summed E-state index contributed by atoms with van der Waals surface area (Å²) in [5.41, 5.74) is 0.381. The molecule has 12 heavy (non-hydrogen) atoms. The van der Waals surface area contributed by atoms with Gasteiger partial charge < -0.3 is 5.32 Å². The summed E-state index contributed by atoms with van der Waals surface area (Å²) in [5.74, 6) is -1.84. The average molecular weight is 171 g/mol. The summed E-state index contributed by atoms with van der Waals surface area (Å²) in [4.78, 5) is 10.00. The van der Waals surface area contributed by atoms with Crippen molar-refractivity contribution in [2.75, 3.05) is 5.32 Å². The minimum Gasteiger partial charge on any atom is -0.328 e. The molecule has 1 N–H and O–H groups in total. The number of benzene rings is 1. The Morgan fingerprint density at radius 1 is 1.42 bits per heavy atom. The zero-order valence-corrected chi connectivity index (χ0v) is 6.40. The molecule has 0 spiro atoms. The summed E-state index contributed by atoms with van der Waals surface area (Å²) < 4.78 is 25.3. The predicted molar refractivity (Wildman–Crippen MR) is 40.8 cm³/mol. The summed E-state index contributed by atoms with van der Waals surface area (Å²) in [5, 5.41) is 2.26. The van der Waals surface area contributed by atoms with Crippen LogP contribution in [0.3, 0.4) is 0 Å². The Morgan fingerprint density at radius 3 is 2.67 bits per heavy atom. The van der Waals surface area contributed by atoms with E-state index in [1.807, 2.05) is 0 Å². The predicted octanol–water partition coefficient (Wildman–Crippen LogP) is 1.84. The Bertz CT molecular complexity index is 312. The van der Waals surface area contributed by atoms with Crippen molar-refractivity contribution in [3.05, 3.63) is 29.3 Å². The molecule has 0 aliphatic rings. The van der Waals surface area contributed by atoms with Crippen molar-refractivity contribution in [2.24, 2.45) is 0 Å². The topological polar surface area (TPSA) is 29.1 Å². The van der Waals surface area contributed by atoms with Gasteiger partial charge in [-0.05, 0) is 19.1 Å². The van der Waals surface area contributed by atoms with Crippen molar-refractivity contribution in [3.8, 4) is 0 Å². The van der Waals surface area contributed by atoms with E-state index in [2.05, 4.69) is 5.32 Å². The first-order chi connectivity index (χ1) is 5.66. The fraction of sp³-hybridized carbons (Fsp3) is 0.125. The van der Waals surface area contributed by atoms with Crippen molar-refractivity contribution in [1.82, 2.24) is 0 Å². The van der Waals surface area contributed by atoms with Crippen molar-refractivity contribution < 1.29 is 13.6 Å². The smallest absolute Gasteiger partial charge is 0.211 e. The molecule has 0 aromatic heterocycles. The molecule has 0 atom stereocenters. The highest BCUT2D eigenvalue weighted by atomic mass is 19.2. The molecule has 0 unspecified atom stereocenters. The van der Waals surface area contributed by atoms with E-state index in [1.54, 1.807) is 0 Å². The van der Waals surface area contributed by atoms with Crippen LogP contribution in [0, 0.1) is 18.6 Å². The lowest BCUT2D eigenvalue weighted by molar-refractivity contribution is -0.105. The molecule has 1 rings (SSSR count). The number of carbonyl (C=O) groups excluding carboxylic acids is 1. The molecule has 1 aromatic carbocycles. The SMILES string of the molecule is Cc1c(NC=O)ccc(F)c1F. The fourth-order valence-corrected chi connectivity index (χ4v) is 0.872. The molecular weight excluding hydrogens is 164 g/mol. The summed E-state index contributed by atoms with van der Waals surface area (Å²) in [7, 11) is 0. The molecule has 0 fully saturated rings. The Labute approximate surface area is 68.2 Å². The zero-order chi connectivity index (χ0) is 9.14. The van der Waals surface area contributed by atoms with Gasteiger partial charge in [-0.25, -0.2) is 8.78 Å². The van der Waals surface area contributed by atoms with Gasteiger partial charge in [0.1, 0.15) is 0 Å². The summed E-state index contributed by atoms with van der Waals surface area (Å²) >= 11 is 0. The maximum absolute atomic E-state index is 12.8. The van der Waals surface area contributed by atoms with E-state index >= 15 is 0 Å². The molecule has 0 saturated carbocycles. The highest BCUT2D eigenvalue weighted by Crippen LogP contribution is 2.19. The second-order valence-corrected chi connectivity index (χ2v) is 2.30. The summed E-state index contributed by atoms with van der Waals surface area (Å²) in [6.45, 7) is 1.39. The Balaban J connectivity index is 3.16. The lowest BCUT2D eigenvalue weighted by Gasteiger charge is -2.04. The van der Waals surface area contributed by atoms with Crippen molar-refractivity contribution in [3.63, 3.8) is 0 Å². The maximum atomic E-state index is 12.8. The highest BCUT2D eigenvalue weighted by molar-refractivity contribution is 5.73. The molecule has 1 amide bonds. The number of amides is 1. The van der Waals surface area contributed by atoms with Crippen LogP contribution in [0.25, 0.3) is 0 Å². The molecule has 0 saturated heterocycles. The molecule has 0 bridgehead atoms. The van der Waals surface area contributed by atoms with E-state index in [4.69, 9.17) is 0 Å². The van der Waals surface area contributed by atoms with E-state index < -0.39 is 11.6 Å². The minimum absolute atomic E-state index is 0.0992. The van der Waals surface area contributed by atoms with Gasteiger partial charge in [0.25, 0.3) is 0 Å². The van der Waals surface area contributed by atoms with Crippen LogP contribution in [0.5, 0.6) is 0 Å². The van der Waals surface area contributed by atoms with Crippen LogP contribution in [0.2, 0.25) is 0 Å². The average Bonchev–Trinajstić information content (AvgIpc) is 2.07. The molecule has 2 nitrogen and oxygen atoms in total. The number of hydrogen-bond donors (Lipinski definition) is 1. The molecule has 4 heteroatoms. The van der Waals surface area contributed by atoms with Crippen LogP contribution in [0.4, 0.5) is 14.5 Å². The summed E-state index contributed by atoms with van der Waals surface area (Å²) in [6.07, 6.45) is 0.416. The second kappa shape index (κ2) is 3.30. The monoisotopic (exact) mass is 171 g/mol. The molecule has 0 aliphatic heterocycles. The minimum atomic E-state index is -0.929. The number of hydrogen-bond acceptors (Lipinski definition) is 1. The Kier molecular flexibility index (Phi) is 2.38. The second-order valence-electron chi connectivity index (χ2n) is 2.30. The van der Waals surface area contributed by atoms with Crippen LogP contribution >= 0.6 is 0 Å². The molecular formula is C8H7F2NO. The molecule has 0 heterocycles. The van der Waals surface area contributed by atoms with Gasteiger partial charge >= 0.3 is 0 Å². The van der Waals surface area contributed by atoms with Crippen molar-refractivity contribution in [1.29, 1.82) is 0 Å². The number of halogens is 2. The van der Waals surface area contributed by atoms with Crippen molar-refractivity contribution in [2.45, 2.75) is 6.92 Å². The highest BCUT2D eigenvalue weighted by Gasteiger charge is 2.07. The van der Waals surface area contributed by atoms with Gasteiger partial charge in [-0.1, -0.05) is 0 Å². The number of nitrogens with one attached hydrogen (secondary N) is 1. The fourth-order valence-electron chi connectivity index (χ4n) is 0.872. The zero-order valence-electron chi connectivity index (χ0n) is 6.40. The normalized spacial score (nSPS) is 9.58. The maximum Gasteiger partial charge on any atom is 0.211 e. The first-order valence-electron chi connectivity index (χ1n) is 3.31. The largest absolute Gasteiger partial charge is 0.328 e. The molecule has 64 valence electrons. The lowest BCUT2D eigenvalue weighted by atomic mass is 10.2. The van der Waals surface area contributed by atoms with Gasteiger partial charge in [0.2, 0.25) is 6.41 Å². The van der Waals surface area contributed by atoms with Crippen LogP contribution in [0.15, 0.2) is 12.1 Å². The van der Waals surface area contributed by atoms with E-state index in [1.165, 1.54) is 13.0 Å². The first kappa shape index (κ1) is 8.64. The quantitative estimate of drug-likeness (QED) is 0.676. The first-order valence-corrected chi connectivity index (χ1v) is 3.31. The van der Waals surface area contributed by atoms with Crippen molar-refractivity contribution >= 4 is 12.1 Å². The van der Waals surface area contributed by atoms with Gasteiger partial charge in [0.15, 0.2) is 11.6 Å². The van der Waals surface area contributed by atoms with Gasteiger partial charge in [0.05, 0.1) is 0 Å². The van der Waals surface area contributed by atoms with E-state index in [-0.39, 0.29) is 11.3 Å². The van der Waals surface area contributed by atoms with Gasteiger partial charge in [-0.2, -0.15) is 0 Å². The standard InChI is InChI=1S/C8H7F2NO/c1-5-7(11-4-12)3-2-6(9)8(5)10/h2-4H,1H3,(H,11,12). The lowest BCUT2D eigenvalue weighted by Crippen LogP contribution is -1.99. The summed E-state index contributed by atoms with van der Waals surface area (Å²) in [6, 6.07) is 2.27. The van der Waals surface area contributed by atoms with Gasteiger partial charge in [-0.3, -0.25) is 4.79 Å². The van der Waals surface area contributed by atoms with Gasteiger partial charge in [-0.15, -0.1) is 0 Å². The number of rotatable bonds is 2. The third kappa shape index (κ3) is 1.42. The number of anilines is 1. The van der Waals surface area contributed by atoms with Crippen LogP contribution < -0.4 is 5.32 Å².